The number of hydrogen-bond acceptors (Lipinski definition) is 3. The molecule has 126 valence electrons. The molecule has 4 nitrogen and oxygen atoms in total. The van der Waals surface area contributed by atoms with Crippen molar-refractivity contribution in [2.75, 3.05) is 12.3 Å². The molecule has 3 fully saturated rings. The highest BCUT2D eigenvalue weighted by Crippen LogP contribution is 2.62. The molecule has 0 spiro atoms. The number of nitrogen functional groups attached to an aromatic ring is 1. The minimum Gasteiger partial charge on any atom is -0.444 e. The number of nitrogens with zero attached hydrogens (tertiary/aromatic N) is 1. The lowest BCUT2D eigenvalue weighted by molar-refractivity contribution is -0.241. The summed E-state index contributed by atoms with van der Waals surface area (Å²) in [6.07, 6.45) is -0.184. The van der Waals surface area contributed by atoms with Crippen LogP contribution in [0.25, 0.3) is 0 Å². The summed E-state index contributed by atoms with van der Waals surface area (Å²) in [6.45, 7) is 5.46. The summed E-state index contributed by atoms with van der Waals surface area (Å²) in [5, 5.41) is 0. The Bertz CT molecular complexity index is 620. The molecule has 0 radical (unpaired) electrons. The van der Waals surface area contributed by atoms with Crippen molar-refractivity contribution in [3.8, 4) is 0 Å². The van der Waals surface area contributed by atoms with E-state index in [-0.39, 0.29) is 19.4 Å². The molecule has 6 heteroatoms. The summed E-state index contributed by atoms with van der Waals surface area (Å²) < 4.78 is 35.0. The third-order valence-corrected chi connectivity index (χ3v) is 4.85. The van der Waals surface area contributed by atoms with E-state index in [0.717, 1.165) is 0 Å². The number of anilines is 1. The van der Waals surface area contributed by atoms with Crippen molar-refractivity contribution in [1.82, 2.24) is 4.90 Å². The molecule has 2 aliphatic heterocycles. The van der Waals surface area contributed by atoms with Crippen molar-refractivity contribution in [3.05, 3.63) is 29.8 Å². The summed E-state index contributed by atoms with van der Waals surface area (Å²) >= 11 is 0. The number of carbonyl (C=O) groups is 1. The van der Waals surface area contributed by atoms with E-state index >= 15 is 0 Å². The monoisotopic (exact) mass is 324 g/mol. The number of piperidine rings is 2. The predicted molar refractivity (Wildman–Crippen MR) is 83.4 cm³/mol. The third kappa shape index (κ3) is 2.35. The van der Waals surface area contributed by atoms with Gasteiger partial charge in [-0.3, -0.25) is 4.90 Å². The van der Waals surface area contributed by atoms with Gasteiger partial charge in [0, 0.05) is 12.2 Å². The molecule has 2 saturated heterocycles. The van der Waals surface area contributed by atoms with Crippen molar-refractivity contribution < 1.29 is 18.3 Å². The number of benzene rings is 1. The van der Waals surface area contributed by atoms with Crippen LogP contribution in [0.15, 0.2) is 24.3 Å². The summed E-state index contributed by atoms with van der Waals surface area (Å²) in [4.78, 5) is 13.4. The van der Waals surface area contributed by atoms with Gasteiger partial charge in [0.2, 0.25) is 0 Å². The molecule has 0 aromatic heterocycles. The fourth-order valence-corrected chi connectivity index (χ4v) is 3.62. The topological polar surface area (TPSA) is 55.6 Å². The van der Waals surface area contributed by atoms with E-state index in [1.165, 1.54) is 4.90 Å². The van der Waals surface area contributed by atoms with Gasteiger partial charge in [-0.2, -0.15) is 0 Å². The van der Waals surface area contributed by atoms with Gasteiger partial charge in [0.1, 0.15) is 11.6 Å². The van der Waals surface area contributed by atoms with Crippen molar-refractivity contribution in [2.24, 2.45) is 0 Å². The Morgan fingerprint density at radius 2 is 1.91 bits per heavy atom. The number of ether oxygens (including phenoxy) is 1. The van der Waals surface area contributed by atoms with E-state index < -0.39 is 29.1 Å². The Labute approximate surface area is 134 Å². The summed E-state index contributed by atoms with van der Waals surface area (Å²) in [5.74, 6) is -2.96. The number of fused-ring (bicyclic) bond motifs is 2. The maximum Gasteiger partial charge on any atom is 0.410 e. The first-order valence-electron chi connectivity index (χ1n) is 7.80. The molecule has 2 bridgehead atoms. The molecule has 1 amide bonds. The Morgan fingerprint density at radius 1 is 1.30 bits per heavy atom. The van der Waals surface area contributed by atoms with Gasteiger partial charge in [-0.25, -0.2) is 13.6 Å². The van der Waals surface area contributed by atoms with Crippen molar-refractivity contribution in [3.63, 3.8) is 0 Å². The quantitative estimate of drug-likeness (QED) is 0.804. The van der Waals surface area contributed by atoms with Crippen molar-refractivity contribution >= 4 is 11.8 Å². The molecule has 2 heterocycles. The minimum atomic E-state index is -2.96. The van der Waals surface area contributed by atoms with Crippen LogP contribution >= 0.6 is 0 Å². The minimum absolute atomic E-state index is 0.222. The predicted octanol–water partition coefficient (Wildman–Crippen LogP) is 3.56. The van der Waals surface area contributed by atoms with Crippen LogP contribution < -0.4 is 5.73 Å². The number of alkyl halides is 2. The molecule has 23 heavy (non-hydrogen) atoms. The van der Waals surface area contributed by atoms with Crippen LogP contribution in [0.3, 0.4) is 0 Å². The van der Waals surface area contributed by atoms with Crippen LogP contribution in [0.2, 0.25) is 0 Å². The highest BCUT2D eigenvalue weighted by Gasteiger charge is 2.73. The smallest absolute Gasteiger partial charge is 0.410 e. The maximum atomic E-state index is 14.9. The zero-order valence-corrected chi connectivity index (χ0v) is 13.6. The average Bonchev–Trinajstić information content (AvgIpc) is 2.45. The summed E-state index contributed by atoms with van der Waals surface area (Å²) in [5.41, 5.74) is 4.91. The maximum absolute atomic E-state index is 14.9. The van der Waals surface area contributed by atoms with Gasteiger partial charge in [-0.1, -0.05) is 12.1 Å². The van der Waals surface area contributed by atoms with Crippen molar-refractivity contribution in [1.29, 1.82) is 0 Å². The molecule has 1 unspecified atom stereocenters. The van der Waals surface area contributed by atoms with Crippen LogP contribution in [0, 0.1) is 0 Å². The fraction of sp³-hybridized carbons (Fsp3) is 0.588. The van der Waals surface area contributed by atoms with Gasteiger partial charge in [-0.15, -0.1) is 0 Å². The number of rotatable bonds is 1. The zero-order chi connectivity index (χ0) is 17.0. The van der Waals surface area contributed by atoms with Gasteiger partial charge < -0.3 is 10.5 Å². The first-order valence-corrected chi connectivity index (χ1v) is 7.80. The molecule has 3 aliphatic rings. The lowest BCUT2D eigenvalue weighted by Gasteiger charge is -2.62. The summed E-state index contributed by atoms with van der Waals surface area (Å²) in [6, 6.07) is 5.54. The molecule has 4 rings (SSSR count). The highest BCUT2D eigenvalue weighted by molar-refractivity contribution is 5.70. The first-order chi connectivity index (χ1) is 10.6. The normalized spacial score (nSPS) is 28.9. The Hall–Kier alpha value is -1.85. The molecule has 2 atom stereocenters. The Morgan fingerprint density at radius 3 is 2.39 bits per heavy atom. The van der Waals surface area contributed by atoms with E-state index in [0.29, 0.717) is 11.3 Å². The lowest BCUT2D eigenvalue weighted by Crippen LogP contribution is -2.75. The van der Waals surface area contributed by atoms with E-state index in [1.54, 1.807) is 45.0 Å². The van der Waals surface area contributed by atoms with Crippen LogP contribution in [0.5, 0.6) is 0 Å². The Kier molecular flexibility index (Phi) is 3.36. The second kappa shape index (κ2) is 4.82. The molecule has 1 aliphatic carbocycles. The van der Waals surface area contributed by atoms with Gasteiger partial charge in [0.15, 0.2) is 0 Å². The lowest BCUT2D eigenvalue weighted by atomic mass is 9.53. The first kappa shape index (κ1) is 16.0. The largest absolute Gasteiger partial charge is 0.444 e. The Balaban J connectivity index is 1.82. The van der Waals surface area contributed by atoms with Crippen LogP contribution in [-0.4, -0.2) is 35.1 Å². The van der Waals surface area contributed by atoms with Gasteiger partial charge >= 0.3 is 6.09 Å². The summed E-state index contributed by atoms with van der Waals surface area (Å²) in [7, 11) is 0. The zero-order valence-electron chi connectivity index (χ0n) is 13.6. The van der Waals surface area contributed by atoms with Crippen LogP contribution in [-0.2, 0) is 10.2 Å². The van der Waals surface area contributed by atoms with E-state index in [1.807, 2.05) is 0 Å². The number of nitrogens with two attached hydrogens (primary N) is 1. The molecule has 1 aromatic carbocycles. The highest BCUT2D eigenvalue weighted by atomic mass is 19.3. The molecule has 2 N–H and O–H groups in total. The SMILES string of the molecule is CC(C)(C)OC(=O)N1CC[C@]2(c3ccc(N)cc3)CC1C2(F)F. The van der Waals surface area contributed by atoms with Gasteiger partial charge in [0.25, 0.3) is 5.92 Å². The van der Waals surface area contributed by atoms with Crippen LogP contribution in [0.4, 0.5) is 19.3 Å². The average molecular weight is 324 g/mol. The number of hydrogen-bond donors (Lipinski definition) is 1. The molecule has 1 aromatic rings. The number of halogens is 2. The third-order valence-electron chi connectivity index (χ3n) is 4.85. The number of amides is 1. The standard InChI is InChI=1S/C17H22F2N2O2/c1-15(2,3)23-14(22)21-9-8-16(10-13(21)17(16,18)19)11-4-6-12(20)7-5-11/h4-7,13H,8-10,20H2,1-3H3/t13?,16-/m1/s1. The van der Waals surface area contributed by atoms with E-state index in [2.05, 4.69) is 0 Å². The molecule has 1 saturated carbocycles. The van der Waals surface area contributed by atoms with Gasteiger partial charge in [0.05, 0.1) is 5.41 Å². The number of carbonyl (C=O) groups excluding carboxylic acids is 1. The second-order valence-corrected chi connectivity index (χ2v) is 7.47. The van der Waals surface area contributed by atoms with Crippen molar-refractivity contribution in [2.45, 2.75) is 56.6 Å². The van der Waals surface area contributed by atoms with Crippen LogP contribution in [0.1, 0.15) is 39.2 Å². The van der Waals surface area contributed by atoms with Gasteiger partial charge in [-0.05, 0) is 51.3 Å². The fourth-order valence-electron chi connectivity index (χ4n) is 3.62. The second-order valence-electron chi connectivity index (χ2n) is 7.47. The molecular weight excluding hydrogens is 302 g/mol. The van der Waals surface area contributed by atoms with E-state index in [9.17, 15) is 13.6 Å². The van der Waals surface area contributed by atoms with E-state index in [4.69, 9.17) is 10.5 Å². The molecular formula is C17H22F2N2O2.